The molecule has 6 N–H and O–H groups in total. The van der Waals surface area contributed by atoms with Crippen molar-refractivity contribution in [3.63, 3.8) is 0 Å². The van der Waals surface area contributed by atoms with Crippen molar-refractivity contribution in [1.29, 1.82) is 0 Å². The van der Waals surface area contributed by atoms with Gasteiger partial charge in [0, 0.05) is 12.8 Å². The lowest BCUT2D eigenvalue weighted by atomic mass is 9.85. The minimum Gasteiger partial charge on any atom is -0.462 e. The molecular weight excluding hydrogens is 563 g/mol. The molecule has 0 amide bonds. The molecule has 0 aliphatic heterocycles. The predicted molar refractivity (Wildman–Crippen MR) is 147 cm³/mol. The molecule has 0 aromatic heterocycles. The highest BCUT2D eigenvalue weighted by Crippen LogP contribution is 2.47. The van der Waals surface area contributed by atoms with E-state index in [0.29, 0.717) is 12.8 Å². The van der Waals surface area contributed by atoms with E-state index in [0.717, 1.165) is 51.4 Å². The summed E-state index contributed by atoms with van der Waals surface area (Å²) < 4.78 is 32.6. The van der Waals surface area contributed by atoms with Crippen LogP contribution in [-0.4, -0.2) is 98.3 Å². The van der Waals surface area contributed by atoms with Crippen LogP contribution in [0.1, 0.15) is 90.9 Å². The second kappa shape index (κ2) is 20.5. The van der Waals surface area contributed by atoms with Gasteiger partial charge in [-0.3, -0.25) is 18.6 Å². The van der Waals surface area contributed by atoms with Gasteiger partial charge in [0.15, 0.2) is 6.10 Å². The van der Waals surface area contributed by atoms with Crippen molar-refractivity contribution in [1.82, 2.24) is 0 Å². The first-order valence-corrected chi connectivity index (χ1v) is 16.0. The van der Waals surface area contributed by atoms with E-state index in [4.69, 9.17) is 18.5 Å². The fourth-order valence-corrected chi connectivity index (χ4v) is 5.06. The fourth-order valence-electron chi connectivity index (χ4n) is 4.09. The highest BCUT2D eigenvalue weighted by molar-refractivity contribution is 7.47. The summed E-state index contributed by atoms with van der Waals surface area (Å²) in [5.41, 5.74) is 0. The molecule has 41 heavy (non-hydrogen) atoms. The Morgan fingerprint density at radius 1 is 0.732 bits per heavy atom. The van der Waals surface area contributed by atoms with Crippen LogP contribution in [0.5, 0.6) is 0 Å². The maximum absolute atomic E-state index is 12.5. The van der Waals surface area contributed by atoms with Crippen LogP contribution < -0.4 is 0 Å². The molecule has 0 heterocycles. The normalized spacial score (nSPS) is 26.9. The Hall–Kier alpha value is -1.41. The summed E-state index contributed by atoms with van der Waals surface area (Å²) in [6.45, 7) is 2.85. The maximum atomic E-state index is 12.5. The monoisotopic (exact) mass is 612 g/mol. The molecule has 0 spiro atoms. The SMILES string of the molecule is CCC/C=C\CCCCCCCC(=O)OC(COC(=O)CCCC)COP(=O)(O)OC1C(O)C(O)C(O)C(O)C1O. The van der Waals surface area contributed by atoms with Gasteiger partial charge in [0.25, 0.3) is 0 Å². The molecule has 1 aliphatic rings. The van der Waals surface area contributed by atoms with Crippen LogP contribution in [0.3, 0.4) is 0 Å². The lowest BCUT2D eigenvalue weighted by Gasteiger charge is -2.41. The van der Waals surface area contributed by atoms with Crippen LogP contribution in [0.2, 0.25) is 0 Å². The number of hydrogen-bond donors (Lipinski definition) is 6. The number of phosphoric ester groups is 1. The number of aliphatic hydroxyl groups excluding tert-OH is 5. The number of phosphoric acid groups is 1. The molecule has 0 aromatic carbocycles. The Morgan fingerprint density at radius 2 is 1.29 bits per heavy atom. The van der Waals surface area contributed by atoms with Gasteiger partial charge in [-0.15, -0.1) is 0 Å². The molecule has 13 nitrogen and oxygen atoms in total. The second-order valence-electron chi connectivity index (χ2n) is 10.3. The van der Waals surface area contributed by atoms with Gasteiger partial charge in [0.05, 0.1) is 6.61 Å². The third kappa shape index (κ3) is 15.1. The molecule has 0 bridgehead atoms. The molecular formula is C27H49O13P. The maximum Gasteiger partial charge on any atom is 0.472 e. The molecule has 0 saturated heterocycles. The van der Waals surface area contributed by atoms with Crippen molar-refractivity contribution in [3.8, 4) is 0 Å². The molecule has 240 valence electrons. The Bertz CT molecular complexity index is 807. The predicted octanol–water partition coefficient (Wildman–Crippen LogP) is 2.04. The van der Waals surface area contributed by atoms with Gasteiger partial charge in [0.1, 0.15) is 43.2 Å². The highest BCUT2D eigenvalue weighted by Gasteiger charge is 2.51. The molecule has 0 aromatic rings. The largest absolute Gasteiger partial charge is 0.472 e. The van der Waals surface area contributed by atoms with Gasteiger partial charge < -0.3 is 39.9 Å². The van der Waals surface area contributed by atoms with E-state index in [2.05, 4.69) is 19.1 Å². The molecule has 14 heteroatoms. The van der Waals surface area contributed by atoms with Crippen molar-refractivity contribution in [2.24, 2.45) is 0 Å². The number of ether oxygens (including phenoxy) is 2. The topological polar surface area (TPSA) is 210 Å². The molecule has 1 fully saturated rings. The number of allylic oxidation sites excluding steroid dienone is 2. The first-order valence-electron chi connectivity index (χ1n) is 14.5. The Balaban J connectivity index is 2.61. The van der Waals surface area contributed by atoms with Crippen LogP contribution in [0.4, 0.5) is 0 Å². The molecule has 1 aliphatic carbocycles. The average molecular weight is 613 g/mol. The van der Waals surface area contributed by atoms with Crippen LogP contribution in [0, 0.1) is 0 Å². The first-order chi connectivity index (χ1) is 19.4. The first kappa shape index (κ1) is 37.6. The van der Waals surface area contributed by atoms with Crippen LogP contribution in [0.15, 0.2) is 12.2 Å². The number of carbonyl (C=O) groups is 2. The van der Waals surface area contributed by atoms with E-state index < -0.39 is 75.7 Å². The minimum atomic E-state index is -5.08. The summed E-state index contributed by atoms with van der Waals surface area (Å²) in [6.07, 6.45) is 0.481. The van der Waals surface area contributed by atoms with E-state index in [9.17, 15) is 44.6 Å². The summed E-state index contributed by atoms with van der Waals surface area (Å²) in [4.78, 5) is 34.5. The zero-order chi connectivity index (χ0) is 30.8. The van der Waals surface area contributed by atoms with Crippen LogP contribution in [0.25, 0.3) is 0 Å². The van der Waals surface area contributed by atoms with Gasteiger partial charge in [-0.25, -0.2) is 4.57 Å². The van der Waals surface area contributed by atoms with Crippen molar-refractivity contribution in [2.75, 3.05) is 13.2 Å². The van der Waals surface area contributed by atoms with Gasteiger partial charge >= 0.3 is 19.8 Å². The number of aliphatic hydroxyl groups is 5. The van der Waals surface area contributed by atoms with Crippen molar-refractivity contribution >= 4 is 19.8 Å². The standard InChI is InChI=1S/C27H49O13P/c1-3-5-7-8-9-10-11-12-13-14-16-21(29)39-19(17-37-20(28)15-6-4-2)18-38-41(35,36)40-27-25(33)23(31)22(30)24(32)26(27)34/h7-8,19,22-27,30-34H,3-6,9-18H2,1-2H3,(H,35,36)/b8-7-. The average Bonchev–Trinajstić information content (AvgIpc) is 2.94. The third-order valence-corrected chi connectivity index (χ3v) is 7.57. The highest BCUT2D eigenvalue weighted by atomic mass is 31.2. The number of rotatable bonds is 21. The Labute approximate surface area is 242 Å². The number of unbranched alkanes of at least 4 members (excludes halogenated alkanes) is 7. The van der Waals surface area contributed by atoms with Crippen LogP contribution in [-0.2, 0) is 32.7 Å². The smallest absolute Gasteiger partial charge is 0.462 e. The fraction of sp³-hybridized carbons (Fsp3) is 0.852. The molecule has 6 atom stereocenters. The third-order valence-electron chi connectivity index (χ3n) is 6.59. The molecule has 0 radical (unpaired) electrons. The summed E-state index contributed by atoms with van der Waals surface area (Å²) in [5, 5.41) is 49.3. The second-order valence-corrected chi connectivity index (χ2v) is 11.7. The zero-order valence-electron chi connectivity index (χ0n) is 24.1. The summed E-state index contributed by atoms with van der Waals surface area (Å²) in [6, 6.07) is 0. The minimum absolute atomic E-state index is 0.0858. The van der Waals surface area contributed by atoms with Gasteiger partial charge in [-0.05, 0) is 32.1 Å². The van der Waals surface area contributed by atoms with E-state index in [1.807, 2.05) is 6.92 Å². The lowest BCUT2D eigenvalue weighted by Crippen LogP contribution is -2.64. The molecule has 1 saturated carbocycles. The number of esters is 2. The van der Waals surface area contributed by atoms with E-state index >= 15 is 0 Å². The number of carbonyl (C=O) groups excluding carboxylic acids is 2. The van der Waals surface area contributed by atoms with Crippen molar-refractivity contribution in [3.05, 3.63) is 12.2 Å². The summed E-state index contributed by atoms with van der Waals surface area (Å²) in [7, 11) is -5.08. The van der Waals surface area contributed by atoms with Crippen LogP contribution >= 0.6 is 7.82 Å². The van der Waals surface area contributed by atoms with Crippen molar-refractivity contribution in [2.45, 2.75) is 134 Å². The van der Waals surface area contributed by atoms with E-state index in [1.165, 1.54) is 0 Å². The van der Waals surface area contributed by atoms with Crippen molar-refractivity contribution < 1.29 is 63.1 Å². The molecule has 6 unspecified atom stereocenters. The quantitative estimate of drug-likeness (QED) is 0.0475. The van der Waals surface area contributed by atoms with Gasteiger partial charge in [-0.2, -0.15) is 0 Å². The number of hydrogen-bond acceptors (Lipinski definition) is 12. The van der Waals surface area contributed by atoms with Gasteiger partial charge in [-0.1, -0.05) is 58.1 Å². The summed E-state index contributed by atoms with van der Waals surface area (Å²) >= 11 is 0. The Kier molecular flexibility index (Phi) is 18.8. The van der Waals surface area contributed by atoms with Gasteiger partial charge in [0.2, 0.25) is 0 Å². The van der Waals surface area contributed by atoms with E-state index in [1.54, 1.807) is 0 Å². The van der Waals surface area contributed by atoms with E-state index in [-0.39, 0.29) is 12.8 Å². The summed E-state index contributed by atoms with van der Waals surface area (Å²) in [5.74, 6) is -1.16. The Morgan fingerprint density at radius 3 is 1.93 bits per heavy atom. The molecule has 1 rings (SSSR count). The lowest BCUT2D eigenvalue weighted by molar-refractivity contribution is -0.220. The zero-order valence-corrected chi connectivity index (χ0v) is 25.0.